The summed E-state index contributed by atoms with van der Waals surface area (Å²) in [6.07, 6.45) is 3.02. The molecule has 0 saturated carbocycles. The minimum atomic E-state index is -0.943. The normalized spacial score (nSPS) is 13.4. The van der Waals surface area contributed by atoms with Gasteiger partial charge < -0.3 is 15.2 Å². The highest BCUT2D eigenvalue weighted by molar-refractivity contribution is 5.80. The topological polar surface area (TPSA) is 87.3 Å². The highest BCUT2D eigenvalue weighted by Gasteiger charge is 2.28. The summed E-state index contributed by atoms with van der Waals surface area (Å²) in [7, 11) is 3.04. The average molecular weight is 239 g/mol. The van der Waals surface area contributed by atoms with Gasteiger partial charge in [0, 0.05) is 20.4 Å². The lowest BCUT2D eigenvalue weighted by atomic mass is 10.1. The fraction of sp³-hybridized carbons (Fsp3) is 0.545. The van der Waals surface area contributed by atoms with Crippen molar-refractivity contribution in [1.29, 1.82) is 0 Å². The zero-order valence-corrected chi connectivity index (χ0v) is 10.4. The quantitative estimate of drug-likeness (QED) is 0.757. The molecule has 1 rings (SSSR count). The maximum atomic E-state index is 11.0. The highest BCUT2D eigenvalue weighted by Crippen LogP contribution is 2.23. The van der Waals surface area contributed by atoms with Crippen LogP contribution in [0, 0.1) is 0 Å². The zero-order chi connectivity index (χ0) is 13.1. The van der Waals surface area contributed by atoms with E-state index in [1.165, 1.54) is 26.6 Å². The lowest BCUT2D eigenvalue weighted by Gasteiger charge is -2.25. The van der Waals surface area contributed by atoms with Crippen LogP contribution in [-0.2, 0) is 20.1 Å². The molecule has 1 heterocycles. The van der Waals surface area contributed by atoms with E-state index in [9.17, 15) is 4.79 Å². The number of primary amides is 1. The molecule has 0 radical (unpaired) electrons. The van der Waals surface area contributed by atoms with E-state index in [0.29, 0.717) is 11.4 Å². The second-order valence-electron chi connectivity index (χ2n) is 3.80. The Kier molecular flexibility index (Phi) is 4.14. The summed E-state index contributed by atoms with van der Waals surface area (Å²) in [6.45, 7) is 3.41. The Bertz CT molecular complexity index is 387. The molecule has 17 heavy (non-hydrogen) atoms. The molecule has 1 atom stereocenters. The number of hydrogen-bond donors (Lipinski definition) is 1. The van der Waals surface area contributed by atoms with Crippen LogP contribution in [0.3, 0.4) is 0 Å². The Morgan fingerprint density at radius 2 is 1.94 bits per heavy atom. The SMILES string of the molecule is COC(C)(OC)c1cnc(C(C)C(N)=O)cn1. The van der Waals surface area contributed by atoms with Crippen LogP contribution in [0.2, 0.25) is 0 Å². The van der Waals surface area contributed by atoms with E-state index < -0.39 is 17.6 Å². The molecule has 0 aliphatic heterocycles. The van der Waals surface area contributed by atoms with Crippen LogP contribution < -0.4 is 5.73 Å². The van der Waals surface area contributed by atoms with Crippen molar-refractivity contribution in [3.63, 3.8) is 0 Å². The Balaban J connectivity index is 2.99. The summed E-state index contributed by atoms with van der Waals surface area (Å²) in [4.78, 5) is 19.3. The molecular formula is C11H17N3O3. The Labute approximate surface area is 100 Å². The number of nitrogens with zero attached hydrogens (tertiary/aromatic N) is 2. The van der Waals surface area contributed by atoms with Crippen molar-refractivity contribution in [2.24, 2.45) is 5.73 Å². The number of aromatic nitrogens is 2. The largest absolute Gasteiger partial charge is 0.369 e. The zero-order valence-electron chi connectivity index (χ0n) is 10.4. The molecule has 0 aliphatic carbocycles. The Morgan fingerprint density at radius 3 is 2.29 bits per heavy atom. The summed E-state index contributed by atoms with van der Waals surface area (Å²) in [5.74, 6) is -1.84. The van der Waals surface area contributed by atoms with Gasteiger partial charge >= 0.3 is 0 Å². The minimum Gasteiger partial charge on any atom is -0.369 e. The third kappa shape index (κ3) is 2.78. The number of ether oxygens (including phenoxy) is 2. The monoisotopic (exact) mass is 239 g/mol. The molecule has 0 spiro atoms. The highest BCUT2D eigenvalue weighted by atomic mass is 16.7. The van der Waals surface area contributed by atoms with Gasteiger partial charge in [-0.05, 0) is 13.8 Å². The molecule has 1 aromatic heterocycles. The van der Waals surface area contributed by atoms with Crippen molar-refractivity contribution in [3.05, 3.63) is 23.8 Å². The van der Waals surface area contributed by atoms with E-state index in [1.54, 1.807) is 13.8 Å². The number of carbonyl (C=O) groups excluding carboxylic acids is 1. The van der Waals surface area contributed by atoms with Crippen molar-refractivity contribution in [3.8, 4) is 0 Å². The van der Waals surface area contributed by atoms with Gasteiger partial charge in [0.15, 0.2) is 0 Å². The number of rotatable bonds is 5. The molecule has 0 aliphatic rings. The first-order chi connectivity index (χ1) is 7.94. The molecule has 0 fully saturated rings. The first-order valence-corrected chi connectivity index (χ1v) is 5.16. The maximum Gasteiger partial charge on any atom is 0.226 e. The van der Waals surface area contributed by atoms with Crippen LogP contribution >= 0.6 is 0 Å². The molecular weight excluding hydrogens is 222 g/mol. The van der Waals surface area contributed by atoms with Crippen LogP contribution in [0.1, 0.15) is 31.2 Å². The molecule has 6 nitrogen and oxygen atoms in total. The van der Waals surface area contributed by atoms with Gasteiger partial charge in [-0.1, -0.05) is 0 Å². The Hall–Kier alpha value is -1.53. The second kappa shape index (κ2) is 5.20. The van der Waals surface area contributed by atoms with Gasteiger partial charge in [0.2, 0.25) is 11.7 Å². The maximum absolute atomic E-state index is 11.0. The van der Waals surface area contributed by atoms with E-state index in [0.717, 1.165) is 0 Å². The molecule has 1 unspecified atom stereocenters. The lowest BCUT2D eigenvalue weighted by Crippen LogP contribution is -2.28. The van der Waals surface area contributed by atoms with Crippen LogP contribution in [0.25, 0.3) is 0 Å². The summed E-state index contributed by atoms with van der Waals surface area (Å²) in [5.41, 5.74) is 6.24. The number of carbonyl (C=O) groups is 1. The van der Waals surface area contributed by atoms with E-state index in [1.807, 2.05) is 0 Å². The second-order valence-corrected chi connectivity index (χ2v) is 3.80. The Morgan fingerprint density at radius 1 is 1.35 bits per heavy atom. The van der Waals surface area contributed by atoms with Crippen molar-refractivity contribution in [1.82, 2.24) is 9.97 Å². The van der Waals surface area contributed by atoms with Gasteiger partial charge in [-0.25, -0.2) is 0 Å². The molecule has 2 N–H and O–H groups in total. The standard InChI is InChI=1S/C11H17N3O3/c1-7(10(12)15)8-5-14-9(6-13-8)11(2,16-3)17-4/h5-7H,1-4H3,(H2,12,15). The van der Waals surface area contributed by atoms with Gasteiger partial charge in [0.05, 0.1) is 17.8 Å². The molecule has 0 bridgehead atoms. The van der Waals surface area contributed by atoms with Gasteiger partial charge in [-0.3, -0.25) is 14.8 Å². The first-order valence-electron chi connectivity index (χ1n) is 5.16. The summed E-state index contributed by atoms with van der Waals surface area (Å²) in [5, 5.41) is 0. The van der Waals surface area contributed by atoms with Crippen molar-refractivity contribution < 1.29 is 14.3 Å². The fourth-order valence-electron chi connectivity index (χ4n) is 1.23. The molecule has 6 heteroatoms. The molecule has 0 saturated heterocycles. The van der Waals surface area contributed by atoms with Crippen LogP contribution in [0.15, 0.2) is 12.4 Å². The fourth-order valence-corrected chi connectivity index (χ4v) is 1.23. The van der Waals surface area contributed by atoms with Crippen molar-refractivity contribution in [2.45, 2.75) is 25.6 Å². The predicted molar refractivity (Wildman–Crippen MR) is 61.0 cm³/mol. The van der Waals surface area contributed by atoms with Crippen LogP contribution in [0.4, 0.5) is 0 Å². The molecule has 94 valence electrons. The van der Waals surface area contributed by atoms with Crippen LogP contribution in [0.5, 0.6) is 0 Å². The number of hydrogen-bond acceptors (Lipinski definition) is 5. The third-order valence-corrected chi connectivity index (χ3v) is 2.79. The number of amides is 1. The van der Waals surface area contributed by atoms with E-state index in [4.69, 9.17) is 15.2 Å². The predicted octanol–water partition coefficient (Wildman–Crippen LogP) is 0.531. The van der Waals surface area contributed by atoms with Crippen LogP contribution in [-0.4, -0.2) is 30.1 Å². The van der Waals surface area contributed by atoms with E-state index in [2.05, 4.69) is 9.97 Å². The summed E-state index contributed by atoms with van der Waals surface area (Å²) in [6, 6.07) is 0. The number of methoxy groups -OCH3 is 2. The van der Waals surface area contributed by atoms with Gasteiger partial charge in [-0.15, -0.1) is 0 Å². The molecule has 1 aromatic rings. The third-order valence-electron chi connectivity index (χ3n) is 2.79. The van der Waals surface area contributed by atoms with Crippen molar-refractivity contribution in [2.75, 3.05) is 14.2 Å². The van der Waals surface area contributed by atoms with E-state index in [-0.39, 0.29) is 0 Å². The van der Waals surface area contributed by atoms with E-state index >= 15 is 0 Å². The molecule has 1 amide bonds. The summed E-state index contributed by atoms with van der Waals surface area (Å²) < 4.78 is 10.4. The van der Waals surface area contributed by atoms with Gasteiger partial charge in [-0.2, -0.15) is 0 Å². The van der Waals surface area contributed by atoms with Crippen molar-refractivity contribution >= 4 is 5.91 Å². The molecule has 0 aromatic carbocycles. The lowest BCUT2D eigenvalue weighted by molar-refractivity contribution is -0.204. The minimum absolute atomic E-state index is 0.437. The average Bonchev–Trinajstić information content (AvgIpc) is 2.37. The summed E-state index contributed by atoms with van der Waals surface area (Å²) >= 11 is 0. The van der Waals surface area contributed by atoms with Gasteiger partial charge in [0.1, 0.15) is 5.69 Å². The van der Waals surface area contributed by atoms with Gasteiger partial charge in [0.25, 0.3) is 0 Å². The number of nitrogens with two attached hydrogens (primary N) is 1. The first kappa shape index (κ1) is 13.5. The smallest absolute Gasteiger partial charge is 0.226 e.